The SMILES string of the molecule is Cc1ccc(NC(=O)c2cc(C(C)(C)C)oc2C)cc1Nc1nccn1-c1cc(NCCN2CCOCC2)ncn1. The Morgan fingerprint density at radius 3 is 2.61 bits per heavy atom. The van der Waals surface area contributed by atoms with Gasteiger partial charge >= 0.3 is 0 Å². The summed E-state index contributed by atoms with van der Waals surface area (Å²) in [6.45, 7) is 15.1. The number of morpholine rings is 1. The van der Waals surface area contributed by atoms with Crippen molar-refractivity contribution >= 4 is 29.0 Å². The average molecular weight is 559 g/mol. The number of carbonyl (C=O) groups excluding carboxylic acids is 1. The molecule has 0 atom stereocenters. The normalized spacial score (nSPS) is 14.2. The molecule has 11 heteroatoms. The van der Waals surface area contributed by atoms with Crippen LogP contribution in [0.1, 0.15) is 48.2 Å². The molecule has 1 amide bonds. The third-order valence-electron chi connectivity index (χ3n) is 7.02. The van der Waals surface area contributed by atoms with Crippen LogP contribution in [0.4, 0.5) is 23.1 Å². The van der Waals surface area contributed by atoms with Crippen LogP contribution in [-0.4, -0.2) is 69.7 Å². The molecule has 0 radical (unpaired) electrons. The first-order valence-corrected chi connectivity index (χ1v) is 13.9. The maximum Gasteiger partial charge on any atom is 0.259 e. The Balaban J connectivity index is 1.27. The highest BCUT2D eigenvalue weighted by molar-refractivity contribution is 6.05. The molecule has 1 aliphatic rings. The van der Waals surface area contributed by atoms with E-state index in [1.807, 2.05) is 54.9 Å². The Morgan fingerprint density at radius 1 is 1.05 bits per heavy atom. The molecule has 1 aliphatic heterocycles. The summed E-state index contributed by atoms with van der Waals surface area (Å²) in [6, 6.07) is 9.45. The summed E-state index contributed by atoms with van der Waals surface area (Å²) in [5.74, 6) is 3.18. The number of anilines is 4. The number of ether oxygens (including phenoxy) is 1. The first-order chi connectivity index (χ1) is 19.7. The van der Waals surface area contributed by atoms with Crippen molar-refractivity contribution in [3.8, 4) is 5.82 Å². The number of hydrogen-bond donors (Lipinski definition) is 3. The Labute approximate surface area is 240 Å². The molecular weight excluding hydrogens is 520 g/mol. The summed E-state index contributed by atoms with van der Waals surface area (Å²) in [7, 11) is 0. The number of carbonyl (C=O) groups is 1. The van der Waals surface area contributed by atoms with Gasteiger partial charge in [0.15, 0.2) is 0 Å². The van der Waals surface area contributed by atoms with Crippen LogP contribution in [0.2, 0.25) is 0 Å². The number of furan rings is 1. The molecule has 0 saturated carbocycles. The lowest BCUT2D eigenvalue weighted by Crippen LogP contribution is -2.39. The van der Waals surface area contributed by atoms with Gasteiger partial charge in [-0.2, -0.15) is 0 Å². The molecule has 11 nitrogen and oxygen atoms in total. The minimum absolute atomic E-state index is 0.185. The molecule has 41 heavy (non-hydrogen) atoms. The summed E-state index contributed by atoms with van der Waals surface area (Å²) < 4.78 is 13.1. The van der Waals surface area contributed by atoms with E-state index in [-0.39, 0.29) is 11.3 Å². The number of imidazole rings is 1. The van der Waals surface area contributed by atoms with Gasteiger partial charge in [0.1, 0.15) is 29.5 Å². The van der Waals surface area contributed by atoms with Gasteiger partial charge in [0.25, 0.3) is 5.91 Å². The smallest absolute Gasteiger partial charge is 0.259 e. The van der Waals surface area contributed by atoms with Crippen LogP contribution in [0, 0.1) is 13.8 Å². The van der Waals surface area contributed by atoms with Crippen LogP contribution < -0.4 is 16.0 Å². The minimum Gasteiger partial charge on any atom is -0.465 e. The monoisotopic (exact) mass is 558 g/mol. The van der Waals surface area contributed by atoms with Crippen LogP contribution in [-0.2, 0) is 10.2 Å². The highest BCUT2D eigenvalue weighted by Gasteiger charge is 2.23. The Kier molecular flexibility index (Phi) is 8.36. The standard InChI is InChI=1S/C30H38N8O3/c1-20-6-7-22(35-28(39)23-17-25(30(3,4)5)41-21(23)2)16-24(20)36-29-32-9-11-38(29)27-18-26(33-19-34-27)31-8-10-37-12-14-40-15-13-37/h6-7,9,11,16-19H,8,10,12-15H2,1-5H3,(H,32,36)(H,35,39)(H,31,33,34). The molecular formula is C30H38N8O3. The van der Waals surface area contributed by atoms with Crippen LogP contribution in [0.5, 0.6) is 0 Å². The molecule has 1 fully saturated rings. The van der Waals surface area contributed by atoms with Gasteiger partial charge < -0.3 is 25.1 Å². The Morgan fingerprint density at radius 2 is 1.85 bits per heavy atom. The summed E-state index contributed by atoms with van der Waals surface area (Å²) in [6.07, 6.45) is 5.10. The van der Waals surface area contributed by atoms with E-state index in [9.17, 15) is 4.79 Å². The van der Waals surface area contributed by atoms with Crippen molar-refractivity contribution in [2.45, 2.75) is 40.0 Å². The summed E-state index contributed by atoms with van der Waals surface area (Å²) in [4.78, 5) is 28.8. The van der Waals surface area contributed by atoms with Crippen LogP contribution in [0.3, 0.4) is 0 Å². The molecule has 0 spiro atoms. The lowest BCUT2D eigenvalue weighted by molar-refractivity contribution is 0.0398. The first-order valence-electron chi connectivity index (χ1n) is 13.9. The maximum atomic E-state index is 13.1. The van der Waals surface area contributed by atoms with Crippen LogP contribution in [0.15, 0.2) is 53.5 Å². The summed E-state index contributed by atoms with van der Waals surface area (Å²) in [5.41, 5.74) is 2.81. The molecule has 0 unspecified atom stereocenters. The van der Waals surface area contributed by atoms with Gasteiger partial charge in [-0.3, -0.25) is 14.3 Å². The zero-order chi connectivity index (χ0) is 29.0. The average Bonchev–Trinajstić information content (AvgIpc) is 3.58. The van der Waals surface area contributed by atoms with Crippen molar-refractivity contribution in [2.75, 3.05) is 55.3 Å². The van der Waals surface area contributed by atoms with Crippen LogP contribution in [0.25, 0.3) is 5.82 Å². The number of hydrogen-bond acceptors (Lipinski definition) is 9. The van der Waals surface area contributed by atoms with E-state index < -0.39 is 0 Å². The number of nitrogens with zero attached hydrogens (tertiary/aromatic N) is 5. The van der Waals surface area contributed by atoms with Gasteiger partial charge in [-0.1, -0.05) is 26.8 Å². The highest BCUT2D eigenvalue weighted by atomic mass is 16.5. The zero-order valence-electron chi connectivity index (χ0n) is 24.3. The molecule has 4 heterocycles. The highest BCUT2D eigenvalue weighted by Crippen LogP contribution is 2.29. The van der Waals surface area contributed by atoms with Gasteiger partial charge in [0.2, 0.25) is 5.95 Å². The molecule has 0 bridgehead atoms. The number of aryl methyl sites for hydroxylation is 2. The molecule has 4 aromatic rings. The fraction of sp³-hybridized carbons (Fsp3) is 0.400. The van der Waals surface area contributed by atoms with E-state index >= 15 is 0 Å². The topological polar surface area (TPSA) is 122 Å². The van der Waals surface area contributed by atoms with Gasteiger partial charge in [-0.25, -0.2) is 15.0 Å². The second kappa shape index (κ2) is 12.1. The number of amides is 1. The van der Waals surface area contributed by atoms with Gasteiger partial charge in [-0.15, -0.1) is 0 Å². The quantitative estimate of drug-likeness (QED) is 0.263. The molecule has 3 aromatic heterocycles. The van der Waals surface area contributed by atoms with E-state index in [0.29, 0.717) is 28.8 Å². The van der Waals surface area contributed by atoms with Crippen molar-refractivity contribution in [1.82, 2.24) is 24.4 Å². The number of nitrogens with one attached hydrogen (secondary N) is 3. The molecule has 216 valence electrons. The molecule has 1 aromatic carbocycles. The zero-order valence-corrected chi connectivity index (χ0v) is 24.3. The summed E-state index contributed by atoms with van der Waals surface area (Å²) in [5, 5.41) is 9.79. The lowest BCUT2D eigenvalue weighted by Gasteiger charge is -2.26. The van der Waals surface area contributed by atoms with Crippen LogP contribution >= 0.6 is 0 Å². The van der Waals surface area contributed by atoms with Gasteiger partial charge in [-0.05, 0) is 37.6 Å². The van der Waals surface area contributed by atoms with E-state index in [1.165, 1.54) is 0 Å². The predicted octanol–water partition coefficient (Wildman–Crippen LogP) is 4.91. The predicted molar refractivity (Wildman–Crippen MR) is 159 cm³/mol. The van der Waals surface area contributed by atoms with E-state index in [2.05, 4.69) is 56.6 Å². The third kappa shape index (κ3) is 6.93. The second-order valence-electron chi connectivity index (χ2n) is 11.2. The molecule has 0 aliphatic carbocycles. The van der Waals surface area contributed by atoms with Gasteiger partial charge in [0, 0.05) is 61.4 Å². The fourth-order valence-electron chi connectivity index (χ4n) is 4.55. The van der Waals surface area contributed by atoms with Crippen molar-refractivity contribution in [3.05, 3.63) is 71.7 Å². The van der Waals surface area contributed by atoms with E-state index in [0.717, 1.165) is 62.2 Å². The Bertz CT molecular complexity index is 1500. The Hall–Kier alpha value is -4.22. The molecule has 3 N–H and O–H groups in total. The van der Waals surface area contributed by atoms with E-state index in [4.69, 9.17) is 9.15 Å². The van der Waals surface area contributed by atoms with Crippen molar-refractivity contribution in [2.24, 2.45) is 0 Å². The third-order valence-corrected chi connectivity index (χ3v) is 7.02. The maximum absolute atomic E-state index is 13.1. The van der Waals surface area contributed by atoms with Gasteiger partial charge in [0.05, 0.1) is 18.8 Å². The second-order valence-corrected chi connectivity index (χ2v) is 11.2. The summed E-state index contributed by atoms with van der Waals surface area (Å²) >= 11 is 0. The molecule has 5 rings (SSSR count). The van der Waals surface area contributed by atoms with E-state index in [1.54, 1.807) is 12.5 Å². The number of rotatable bonds is 9. The van der Waals surface area contributed by atoms with Crippen molar-refractivity contribution in [1.29, 1.82) is 0 Å². The first kappa shape index (κ1) is 28.3. The van der Waals surface area contributed by atoms with Crippen molar-refractivity contribution < 1.29 is 13.9 Å². The number of benzene rings is 1. The van der Waals surface area contributed by atoms with Crippen molar-refractivity contribution in [3.63, 3.8) is 0 Å². The minimum atomic E-state index is -0.215. The fourth-order valence-corrected chi connectivity index (χ4v) is 4.55. The molecule has 1 saturated heterocycles. The lowest BCUT2D eigenvalue weighted by atomic mass is 9.93. The largest absolute Gasteiger partial charge is 0.465 e. The number of aromatic nitrogens is 4.